The van der Waals surface area contributed by atoms with Crippen LogP contribution in [0.1, 0.15) is 57.2 Å². The van der Waals surface area contributed by atoms with Crippen molar-refractivity contribution in [3.05, 3.63) is 63.4 Å². The molecule has 0 aromatic heterocycles. The highest BCUT2D eigenvalue weighted by Gasteiger charge is 2.65. The number of anilines is 1. The number of rotatable bonds is 5. The standard InChI is InChI=1S/C30H37Cl2FN4O4S/c1-29(2,3)15-19-17-37(28(39)34-16-18-10-12-36(13-11-18)42(4,40)41)26(21-6-5-7-23(32)25(21)33)30(19)22-9-8-20(31)14-24(22)35-27(30)38/h5-9,14,18-19,26H,10-13,15-17H2,1-4H3,(H,34,39)(H,35,38). The average molecular weight is 640 g/mol. The molecule has 42 heavy (non-hydrogen) atoms. The minimum absolute atomic E-state index is 0.0883. The zero-order valence-electron chi connectivity index (χ0n) is 24.2. The molecule has 2 aromatic carbocycles. The fraction of sp³-hybridized carbons (Fsp3) is 0.533. The van der Waals surface area contributed by atoms with Gasteiger partial charge >= 0.3 is 6.03 Å². The third-order valence-corrected chi connectivity index (χ3v) is 10.7. The van der Waals surface area contributed by atoms with E-state index in [2.05, 4.69) is 31.4 Å². The third-order valence-electron chi connectivity index (χ3n) is 8.84. The molecule has 2 N–H and O–H groups in total. The first-order chi connectivity index (χ1) is 19.6. The Kier molecular flexibility index (Phi) is 8.33. The lowest BCUT2D eigenvalue weighted by Crippen LogP contribution is -2.48. The maximum atomic E-state index is 15.9. The monoisotopic (exact) mass is 638 g/mol. The number of benzene rings is 2. The second kappa shape index (κ2) is 11.3. The molecule has 12 heteroatoms. The number of hydrogen-bond donors (Lipinski definition) is 2. The molecule has 1 spiro atoms. The van der Waals surface area contributed by atoms with E-state index in [4.69, 9.17) is 23.2 Å². The minimum atomic E-state index is -3.26. The molecule has 2 saturated heterocycles. The van der Waals surface area contributed by atoms with Crippen molar-refractivity contribution in [3.8, 4) is 0 Å². The van der Waals surface area contributed by atoms with E-state index >= 15 is 4.39 Å². The van der Waals surface area contributed by atoms with Crippen LogP contribution in [-0.4, -0.2) is 62.0 Å². The number of sulfonamides is 1. The Hall–Kier alpha value is -2.40. The van der Waals surface area contributed by atoms with Crippen molar-refractivity contribution in [1.82, 2.24) is 14.5 Å². The second-order valence-corrected chi connectivity index (χ2v) is 15.8. The van der Waals surface area contributed by atoms with Gasteiger partial charge in [-0.15, -0.1) is 0 Å². The Balaban J connectivity index is 1.54. The predicted octanol–water partition coefficient (Wildman–Crippen LogP) is 5.81. The van der Waals surface area contributed by atoms with E-state index in [0.29, 0.717) is 55.2 Å². The lowest BCUT2D eigenvalue weighted by molar-refractivity contribution is -0.123. The predicted molar refractivity (Wildman–Crippen MR) is 163 cm³/mol. The van der Waals surface area contributed by atoms with Gasteiger partial charge in [-0.3, -0.25) is 4.79 Å². The highest BCUT2D eigenvalue weighted by molar-refractivity contribution is 7.88. The number of piperidine rings is 1. The molecule has 3 unspecified atom stereocenters. The van der Waals surface area contributed by atoms with Crippen LogP contribution in [0.2, 0.25) is 10.0 Å². The van der Waals surface area contributed by atoms with Crippen molar-refractivity contribution in [3.63, 3.8) is 0 Å². The molecule has 0 radical (unpaired) electrons. The molecule has 3 heterocycles. The molecule has 3 aliphatic rings. The summed E-state index contributed by atoms with van der Waals surface area (Å²) in [5.74, 6) is -1.22. The van der Waals surface area contributed by atoms with Crippen LogP contribution in [0, 0.1) is 23.1 Å². The topological polar surface area (TPSA) is 98.8 Å². The van der Waals surface area contributed by atoms with E-state index < -0.39 is 33.3 Å². The van der Waals surface area contributed by atoms with E-state index in [9.17, 15) is 18.0 Å². The summed E-state index contributed by atoms with van der Waals surface area (Å²) in [6.45, 7) is 7.60. The summed E-state index contributed by atoms with van der Waals surface area (Å²) in [5.41, 5.74) is -0.0761. The van der Waals surface area contributed by atoms with Crippen molar-refractivity contribution >= 4 is 50.9 Å². The molecule has 228 valence electrons. The van der Waals surface area contributed by atoms with Crippen molar-refractivity contribution in [2.75, 3.05) is 37.8 Å². The van der Waals surface area contributed by atoms with E-state index in [0.717, 1.165) is 0 Å². The number of urea groups is 1. The maximum absolute atomic E-state index is 15.9. The number of carbonyl (C=O) groups is 2. The normalized spacial score (nSPS) is 25.1. The van der Waals surface area contributed by atoms with Gasteiger partial charge in [0, 0.05) is 42.5 Å². The molecule has 2 aromatic rings. The van der Waals surface area contributed by atoms with Gasteiger partial charge < -0.3 is 15.5 Å². The first kappa shape index (κ1) is 31.0. The van der Waals surface area contributed by atoms with Crippen molar-refractivity contribution in [1.29, 1.82) is 0 Å². The molecule has 5 rings (SSSR count). The quantitative estimate of drug-likeness (QED) is 0.432. The zero-order chi connectivity index (χ0) is 30.6. The number of hydrogen-bond acceptors (Lipinski definition) is 4. The fourth-order valence-electron chi connectivity index (χ4n) is 7.05. The number of nitrogens with one attached hydrogen (secondary N) is 2. The van der Waals surface area contributed by atoms with Gasteiger partial charge in [0.05, 0.1) is 17.3 Å². The number of amides is 3. The lowest BCUT2D eigenvalue weighted by atomic mass is 9.63. The second-order valence-electron chi connectivity index (χ2n) is 13.0. The van der Waals surface area contributed by atoms with Crippen molar-refractivity contribution < 1.29 is 22.4 Å². The summed E-state index contributed by atoms with van der Waals surface area (Å²) in [7, 11) is -3.26. The average Bonchev–Trinajstić information content (AvgIpc) is 3.37. The van der Waals surface area contributed by atoms with Gasteiger partial charge in [0.25, 0.3) is 0 Å². The number of nitrogens with zero attached hydrogens (tertiary/aromatic N) is 2. The van der Waals surface area contributed by atoms with Gasteiger partial charge in [-0.1, -0.05) is 62.2 Å². The molecular weight excluding hydrogens is 602 g/mol. The molecule has 3 aliphatic heterocycles. The summed E-state index contributed by atoms with van der Waals surface area (Å²) >= 11 is 12.6. The zero-order valence-corrected chi connectivity index (χ0v) is 26.5. The van der Waals surface area contributed by atoms with Gasteiger partial charge in [-0.2, -0.15) is 0 Å². The molecule has 3 atom stereocenters. The smallest absolute Gasteiger partial charge is 0.317 e. The fourth-order valence-corrected chi connectivity index (χ4v) is 8.28. The van der Waals surface area contributed by atoms with Gasteiger partial charge in [0.1, 0.15) is 11.2 Å². The molecule has 8 nitrogen and oxygen atoms in total. The summed E-state index contributed by atoms with van der Waals surface area (Å²) in [5, 5.41) is 6.39. The van der Waals surface area contributed by atoms with Crippen LogP contribution in [0.25, 0.3) is 0 Å². The lowest BCUT2D eigenvalue weighted by Gasteiger charge is -2.38. The molecule has 0 aliphatic carbocycles. The van der Waals surface area contributed by atoms with Crippen LogP contribution >= 0.6 is 23.2 Å². The Morgan fingerprint density at radius 2 is 1.86 bits per heavy atom. The Bertz CT molecular complexity index is 1510. The summed E-state index contributed by atoms with van der Waals surface area (Å²) in [6.07, 6.45) is 3.03. The van der Waals surface area contributed by atoms with Gasteiger partial charge in [0.15, 0.2) is 0 Å². The Labute approximate surface area is 257 Å². The van der Waals surface area contributed by atoms with Crippen LogP contribution in [0.15, 0.2) is 36.4 Å². The number of likely N-dealkylation sites (tertiary alicyclic amines) is 1. The van der Waals surface area contributed by atoms with Gasteiger partial charge in [0.2, 0.25) is 15.9 Å². The first-order valence-corrected chi connectivity index (χ1v) is 16.8. The SMILES string of the molecule is CC(C)(C)CC1CN(C(=O)NCC2CCN(S(C)(=O)=O)CC2)C(c2cccc(Cl)c2F)C12C(=O)Nc1cc(Cl)ccc12. The summed E-state index contributed by atoms with van der Waals surface area (Å²) < 4.78 is 41.1. The maximum Gasteiger partial charge on any atom is 0.317 e. The number of halogens is 3. The highest BCUT2D eigenvalue weighted by atomic mass is 35.5. The molecule has 2 fully saturated rings. The largest absolute Gasteiger partial charge is 0.338 e. The molecule has 0 bridgehead atoms. The van der Waals surface area contributed by atoms with E-state index in [1.807, 2.05) is 0 Å². The number of carbonyl (C=O) groups excluding carboxylic acids is 2. The highest BCUT2D eigenvalue weighted by Crippen LogP contribution is 2.60. The van der Waals surface area contributed by atoms with Crippen molar-refractivity contribution in [2.24, 2.45) is 17.3 Å². The Morgan fingerprint density at radius 3 is 2.50 bits per heavy atom. The van der Waals surface area contributed by atoms with Crippen LogP contribution in [0.3, 0.4) is 0 Å². The first-order valence-electron chi connectivity index (χ1n) is 14.2. The molecule has 3 amide bonds. The van der Waals surface area contributed by atoms with E-state index in [1.54, 1.807) is 35.2 Å². The van der Waals surface area contributed by atoms with E-state index in [-0.39, 0.29) is 40.3 Å². The van der Waals surface area contributed by atoms with Crippen LogP contribution in [0.5, 0.6) is 0 Å². The van der Waals surface area contributed by atoms with Crippen LogP contribution in [0.4, 0.5) is 14.9 Å². The summed E-state index contributed by atoms with van der Waals surface area (Å²) in [6, 6.07) is 8.50. The van der Waals surface area contributed by atoms with Crippen LogP contribution < -0.4 is 10.6 Å². The summed E-state index contributed by atoms with van der Waals surface area (Å²) in [4.78, 5) is 29.8. The van der Waals surface area contributed by atoms with Gasteiger partial charge in [-0.05, 0) is 60.3 Å². The van der Waals surface area contributed by atoms with Crippen molar-refractivity contribution in [2.45, 2.75) is 51.5 Å². The van der Waals surface area contributed by atoms with Gasteiger partial charge in [-0.25, -0.2) is 21.9 Å². The minimum Gasteiger partial charge on any atom is -0.338 e. The molecule has 0 saturated carbocycles. The van der Waals surface area contributed by atoms with E-state index in [1.165, 1.54) is 16.6 Å². The van der Waals surface area contributed by atoms with Crippen LogP contribution in [-0.2, 0) is 20.2 Å². The molecular formula is C30H37Cl2FN4O4S. The number of fused-ring (bicyclic) bond motifs is 2. The third kappa shape index (κ3) is 5.63. The Morgan fingerprint density at radius 1 is 1.17 bits per heavy atom.